The molecule has 13 heteroatoms. The summed E-state index contributed by atoms with van der Waals surface area (Å²) >= 11 is 55.6. The van der Waals surface area contributed by atoms with E-state index < -0.39 is 0 Å². The Morgan fingerprint density at radius 2 is 0.474 bits per heavy atom. The molecule has 5 heterocycles. The summed E-state index contributed by atoms with van der Waals surface area (Å²) in [5, 5.41) is 3.53. The molecule has 7 aromatic rings. The quantitative estimate of drug-likeness (QED) is 0.173. The fraction of sp³-hybridized carbons (Fsp3) is 0. The average molecular weight is 954 g/mol. The molecule has 0 unspecified atom stereocenters. The summed E-state index contributed by atoms with van der Waals surface area (Å²) in [5.41, 5.74) is 10.1. The molecule has 2 aliphatic heterocycles. The van der Waals surface area contributed by atoms with Gasteiger partial charge in [-0.05, 0) is 97.1 Å². The molecular formula is C44H22Cl8CuN4. The van der Waals surface area contributed by atoms with Gasteiger partial charge in [0.2, 0.25) is 0 Å². The van der Waals surface area contributed by atoms with E-state index in [2.05, 4.69) is 9.97 Å². The summed E-state index contributed by atoms with van der Waals surface area (Å²) in [6.07, 6.45) is 7.66. The maximum Gasteiger partial charge on any atom is 0.0738 e. The minimum Gasteiger partial charge on any atom is -0.354 e. The summed E-state index contributed by atoms with van der Waals surface area (Å²) in [7, 11) is 0. The minimum absolute atomic E-state index is 0. The summed E-state index contributed by atoms with van der Waals surface area (Å²) in [6, 6.07) is 29.3. The van der Waals surface area contributed by atoms with Crippen molar-refractivity contribution in [3.05, 3.63) is 160 Å². The van der Waals surface area contributed by atoms with E-state index in [9.17, 15) is 0 Å². The van der Waals surface area contributed by atoms with E-state index in [-0.39, 0.29) is 17.1 Å². The average Bonchev–Trinajstić information content (AvgIpc) is 4.00. The summed E-state index contributed by atoms with van der Waals surface area (Å²) in [6.45, 7) is 0. The third-order valence-electron chi connectivity index (χ3n) is 9.60. The molecule has 3 aromatic heterocycles. The molecule has 2 aliphatic rings. The van der Waals surface area contributed by atoms with Crippen molar-refractivity contribution >= 4 is 139 Å². The maximum atomic E-state index is 6.95. The van der Waals surface area contributed by atoms with Gasteiger partial charge in [-0.3, -0.25) is 0 Å². The molecule has 0 atom stereocenters. The van der Waals surface area contributed by atoms with Gasteiger partial charge in [-0.15, -0.1) is 0 Å². The van der Waals surface area contributed by atoms with Crippen molar-refractivity contribution in [3.8, 4) is 44.5 Å². The van der Waals surface area contributed by atoms with Gasteiger partial charge in [0, 0.05) is 83.6 Å². The molecular weight excluding hydrogens is 932 g/mol. The van der Waals surface area contributed by atoms with Gasteiger partial charge >= 0.3 is 0 Å². The number of rotatable bonds is 4. The van der Waals surface area contributed by atoms with E-state index in [1.54, 1.807) is 72.8 Å². The number of nitrogens with one attached hydrogen (secondary N) is 2. The van der Waals surface area contributed by atoms with Crippen molar-refractivity contribution in [1.82, 2.24) is 19.9 Å². The van der Waals surface area contributed by atoms with Crippen LogP contribution in [0.25, 0.3) is 90.9 Å². The second-order valence-electron chi connectivity index (χ2n) is 12.9. The number of hydrogen-bond acceptors (Lipinski definition) is 2. The molecule has 285 valence electrons. The SMILES string of the molecule is Clc1cccc(Cl)c1-c1c2nc(c(-c3c(Cl)cccc3Cl)c3ccc([nH]3)c(-c3c(Cl)cccc3Cl)c3nc(c(-c4c(Cl)cccc4Cl)c4ccc1[nH]4)C=C3)C=C2.[Cu]. The molecule has 0 aliphatic carbocycles. The van der Waals surface area contributed by atoms with E-state index in [0.717, 1.165) is 0 Å². The van der Waals surface area contributed by atoms with Crippen LogP contribution in [0.1, 0.15) is 22.8 Å². The smallest absolute Gasteiger partial charge is 0.0738 e. The Balaban J connectivity index is 0.00000455. The first kappa shape index (κ1) is 40.1. The molecule has 4 aromatic carbocycles. The molecule has 57 heavy (non-hydrogen) atoms. The van der Waals surface area contributed by atoms with Crippen LogP contribution in [0.4, 0.5) is 0 Å². The first-order valence-electron chi connectivity index (χ1n) is 17.0. The Morgan fingerprint density at radius 3 is 0.667 bits per heavy atom. The molecule has 2 N–H and O–H groups in total. The van der Waals surface area contributed by atoms with Crippen LogP contribution in [0.3, 0.4) is 0 Å². The van der Waals surface area contributed by atoms with E-state index in [1.807, 2.05) is 48.6 Å². The molecule has 0 saturated carbocycles. The van der Waals surface area contributed by atoms with Crippen LogP contribution in [-0.4, -0.2) is 19.9 Å². The number of hydrogen-bond donors (Lipinski definition) is 2. The molecule has 0 fully saturated rings. The molecule has 0 spiro atoms. The van der Waals surface area contributed by atoms with Crippen LogP contribution in [0.15, 0.2) is 97.1 Å². The maximum absolute atomic E-state index is 6.95. The van der Waals surface area contributed by atoms with E-state index in [4.69, 9.17) is 103 Å². The van der Waals surface area contributed by atoms with Gasteiger partial charge in [0.05, 0.1) is 63.0 Å². The Bertz CT molecular complexity index is 2560. The van der Waals surface area contributed by atoms with Gasteiger partial charge in [0.1, 0.15) is 0 Å². The third-order valence-corrected chi connectivity index (χ3v) is 12.1. The van der Waals surface area contributed by atoms with Crippen molar-refractivity contribution in [2.45, 2.75) is 0 Å². The van der Waals surface area contributed by atoms with Crippen molar-refractivity contribution in [2.24, 2.45) is 0 Å². The Morgan fingerprint density at radius 1 is 0.281 bits per heavy atom. The van der Waals surface area contributed by atoms with Crippen molar-refractivity contribution in [1.29, 1.82) is 0 Å². The number of H-pyrrole nitrogens is 2. The largest absolute Gasteiger partial charge is 0.354 e. The van der Waals surface area contributed by atoms with Crippen LogP contribution in [-0.2, 0) is 17.1 Å². The molecule has 4 nitrogen and oxygen atoms in total. The number of halogens is 8. The second-order valence-corrected chi connectivity index (χ2v) is 16.1. The Hall–Kier alpha value is -3.68. The van der Waals surface area contributed by atoms with E-state index in [0.29, 0.717) is 130 Å². The van der Waals surface area contributed by atoms with Crippen LogP contribution in [0.2, 0.25) is 40.2 Å². The van der Waals surface area contributed by atoms with Crippen LogP contribution in [0.5, 0.6) is 0 Å². The molecule has 0 saturated heterocycles. The van der Waals surface area contributed by atoms with Crippen LogP contribution in [0, 0.1) is 0 Å². The summed E-state index contributed by atoms with van der Waals surface area (Å²) in [4.78, 5) is 17.8. The zero-order valence-electron chi connectivity index (χ0n) is 28.8. The van der Waals surface area contributed by atoms with E-state index in [1.165, 1.54) is 0 Å². The topological polar surface area (TPSA) is 57.4 Å². The fourth-order valence-corrected chi connectivity index (χ4v) is 9.55. The number of aromatic nitrogens is 4. The van der Waals surface area contributed by atoms with E-state index >= 15 is 0 Å². The van der Waals surface area contributed by atoms with Crippen molar-refractivity contribution < 1.29 is 17.1 Å². The number of benzene rings is 4. The second kappa shape index (κ2) is 16.2. The predicted octanol–water partition coefficient (Wildman–Crippen LogP) is 16.5. The van der Waals surface area contributed by atoms with Gasteiger partial charge in [-0.25, -0.2) is 9.97 Å². The van der Waals surface area contributed by atoms with Crippen LogP contribution < -0.4 is 0 Å². The standard InChI is InChI=1S/C44H22Cl8N4.Cu/c45-21-5-1-6-22(46)37(21)41-29-13-15-31(53-29)42(38-23(47)7-2-8-24(38)48)33-17-19-35(55-33)44(40-27(51)11-4-12-28(40)52)36-20-18-34(56-36)43(32-16-14-30(41)54-32)39-25(49)9-3-10-26(39)50;/h1-20,53,56H;. The van der Waals surface area contributed by atoms with Gasteiger partial charge in [0.15, 0.2) is 0 Å². The Kier molecular flexibility index (Phi) is 11.4. The Labute approximate surface area is 377 Å². The van der Waals surface area contributed by atoms with Crippen LogP contribution >= 0.6 is 92.8 Å². The summed E-state index contributed by atoms with van der Waals surface area (Å²) in [5.74, 6) is 0. The summed E-state index contributed by atoms with van der Waals surface area (Å²) < 4.78 is 0. The third kappa shape index (κ3) is 7.13. The normalized spacial score (nSPS) is 11.9. The molecule has 0 amide bonds. The van der Waals surface area contributed by atoms with Gasteiger partial charge < -0.3 is 9.97 Å². The van der Waals surface area contributed by atoms with Crippen molar-refractivity contribution in [2.75, 3.05) is 0 Å². The molecule has 9 rings (SSSR count). The monoisotopic (exact) mass is 949 g/mol. The molecule has 8 bridgehead atoms. The predicted molar refractivity (Wildman–Crippen MR) is 241 cm³/mol. The number of aromatic amines is 2. The fourth-order valence-electron chi connectivity index (χ4n) is 7.20. The zero-order chi connectivity index (χ0) is 38.8. The first-order valence-corrected chi connectivity index (χ1v) is 20.0. The van der Waals surface area contributed by atoms with Gasteiger partial charge in [-0.1, -0.05) is 117 Å². The number of fused-ring (bicyclic) bond motifs is 8. The minimum atomic E-state index is 0. The number of nitrogens with zero attached hydrogens (tertiary/aromatic N) is 2. The first-order chi connectivity index (χ1) is 27.1. The zero-order valence-corrected chi connectivity index (χ0v) is 35.8. The van der Waals surface area contributed by atoms with Crippen molar-refractivity contribution in [3.63, 3.8) is 0 Å². The van der Waals surface area contributed by atoms with Gasteiger partial charge in [0.25, 0.3) is 0 Å². The molecule has 1 radical (unpaired) electrons. The van der Waals surface area contributed by atoms with Gasteiger partial charge in [-0.2, -0.15) is 0 Å².